The van der Waals surface area contributed by atoms with Crippen LogP contribution in [0.2, 0.25) is 0 Å². The van der Waals surface area contributed by atoms with E-state index in [2.05, 4.69) is 9.97 Å². The Bertz CT molecular complexity index is 824. The van der Waals surface area contributed by atoms with Gasteiger partial charge in [0.05, 0.1) is 19.2 Å². The Kier molecular flexibility index (Phi) is 4.74. The third kappa shape index (κ3) is 3.53. The molecule has 1 heterocycles. The zero-order valence-electron chi connectivity index (χ0n) is 13.6. The second kappa shape index (κ2) is 7.12. The number of ether oxygens (including phenoxy) is 2. The zero-order valence-corrected chi connectivity index (χ0v) is 13.6. The summed E-state index contributed by atoms with van der Waals surface area (Å²) in [7, 11) is 3.52. The lowest BCUT2D eigenvalue weighted by Crippen LogP contribution is -2.25. The first-order chi connectivity index (χ1) is 11.7. The van der Waals surface area contributed by atoms with Gasteiger partial charge in [-0.25, -0.2) is 14.4 Å². The molecule has 0 unspecified atom stereocenters. The monoisotopic (exact) mass is 327 g/mol. The summed E-state index contributed by atoms with van der Waals surface area (Å²) in [5.41, 5.74) is 0.712. The third-order valence-electron chi connectivity index (χ3n) is 3.69. The van der Waals surface area contributed by atoms with Gasteiger partial charge >= 0.3 is 0 Å². The van der Waals surface area contributed by atoms with Crippen LogP contribution in [0.25, 0.3) is 10.9 Å². The Hall–Kier alpha value is -2.89. The lowest BCUT2D eigenvalue weighted by Gasteiger charge is -2.19. The molecule has 0 saturated carbocycles. The van der Waals surface area contributed by atoms with Crippen LogP contribution < -0.4 is 14.4 Å². The molecule has 0 amide bonds. The summed E-state index contributed by atoms with van der Waals surface area (Å²) >= 11 is 0. The van der Waals surface area contributed by atoms with E-state index in [4.69, 9.17) is 9.47 Å². The second-order valence-electron chi connectivity index (χ2n) is 5.30. The second-order valence-corrected chi connectivity index (χ2v) is 5.30. The van der Waals surface area contributed by atoms with Crippen molar-refractivity contribution < 1.29 is 13.9 Å². The van der Waals surface area contributed by atoms with E-state index in [1.165, 1.54) is 18.5 Å². The first-order valence-corrected chi connectivity index (χ1v) is 7.55. The molecule has 0 saturated heterocycles. The number of hydrogen-bond donors (Lipinski definition) is 0. The van der Waals surface area contributed by atoms with E-state index in [-0.39, 0.29) is 5.82 Å². The molecule has 6 heteroatoms. The Balaban J connectivity index is 1.66. The van der Waals surface area contributed by atoms with Crippen LogP contribution in [0, 0.1) is 5.82 Å². The maximum Gasteiger partial charge on any atom is 0.139 e. The molecular formula is C18H18FN3O2. The molecule has 5 nitrogen and oxygen atoms in total. The summed E-state index contributed by atoms with van der Waals surface area (Å²) in [5.74, 6) is 1.93. The quantitative estimate of drug-likeness (QED) is 0.695. The number of fused-ring (bicyclic) bond motifs is 1. The molecule has 2 aromatic carbocycles. The molecule has 0 fully saturated rings. The van der Waals surface area contributed by atoms with Gasteiger partial charge in [0.25, 0.3) is 0 Å². The smallest absolute Gasteiger partial charge is 0.139 e. The van der Waals surface area contributed by atoms with Gasteiger partial charge in [-0.1, -0.05) is 0 Å². The molecule has 0 atom stereocenters. The van der Waals surface area contributed by atoms with Crippen molar-refractivity contribution in [3.8, 4) is 11.5 Å². The average Bonchev–Trinajstić information content (AvgIpc) is 2.61. The number of halogens is 1. The summed E-state index contributed by atoms with van der Waals surface area (Å²) < 4.78 is 24.3. The van der Waals surface area contributed by atoms with Crippen molar-refractivity contribution in [2.24, 2.45) is 0 Å². The van der Waals surface area contributed by atoms with Crippen LogP contribution in [0.1, 0.15) is 0 Å². The topological polar surface area (TPSA) is 47.5 Å². The zero-order chi connectivity index (χ0) is 16.9. The van der Waals surface area contributed by atoms with Crippen LogP contribution in [-0.2, 0) is 0 Å². The van der Waals surface area contributed by atoms with Gasteiger partial charge in [0.2, 0.25) is 0 Å². The van der Waals surface area contributed by atoms with Gasteiger partial charge < -0.3 is 14.4 Å². The Morgan fingerprint density at radius 2 is 1.79 bits per heavy atom. The fraction of sp³-hybridized carbons (Fsp3) is 0.222. The van der Waals surface area contributed by atoms with Gasteiger partial charge in [0.1, 0.15) is 36.1 Å². The highest BCUT2D eigenvalue weighted by Crippen LogP contribution is 2.23. The van der Waals surface area contributed by atoms with Crippen LogP contribution in [0.3, 0.4) is 0 Å². The predicted molar refractivity (Wildman–Crippen MR) is 91.3 cm³/mol. The third-order valence-corrected chi connectivity index (χ3v) is 3.69. The van der Waals surface area contributed by atoms with Crippen molar-refractivity contribution in [2.45, 2.75) is 0 Å². The number of benzene rings is 2. The van der Waals surface area contributed by atoms with Crippen LogP contribution in [0.5, 0.6) is 11.5 Å². The highest BCUT2D eigenvalue weighted by atomic mass is 19.1. The molecule has 124 valence electrons. The minimum absolute atomic E-state index is 0.304. The molecule has 24 heavy (non-hydrogen) atoms. The molecule has 0 spiro atoms. The van der Waals surface area contributed by atoms with Crippen LogP contribution >= 0.6 is 0 Å². The largest absolute Gasteiger partial charge is 0.497 e. The van der Waals surface area contributed by atoms with E-state index < -0.39 is 0 Å². The standard InChI is InChI=1S/C18H18FN3O2/c1-22(9-10-24-15-6-4-14(23-2)5-7-15)18-16-11-13(19)3-8-17(16)20-12-21-18/h3-8,11-12H,9-10H2,1-2H3. The molecule has 3 aromatic rings. The van der Waals surface area contributed by atoms with Crippen molar-refractivity contribution in [3.63, 3.8) is 0 Å². The number of methoxy groups -OCH3 is 1. The summed E-state index contributed by atoms with van der Waals surface area (Å²) in [6.07, 6.45) is 1.48. The maximum absolute atomic E-state index is 13.5. The van der Waals surface area contributed by atoms with E-state index in [1.54, 1.807) is 13.2 Å². The van der Waals surface area contributed by atoms with Crippen LogP contribution in [0.15, 0.2) is 48.8 Å². The van der Waals surface area contributed by atoms with Gasteiger partial charge in [-0.05, 0) is 42.5 Å². The normalized spacial score (nSPS) is 10.6. The summed E-state index contributed by atoms with van der Waals surface area (Å²) in [6, 6.07) is 11.9. The van der Waals surface area contributed by atoms with E-state index in [1.807, 2.05) is 36.2 Å². The Labute approximate surface area is 139 Å². The molecule has 0 aliphatic heterocycles. The fourth-order valence-electron chi connectivity index (χ4n) is 2.40. The first kappa shape index (κ1) is 16.0. The van der Waals surface area contributed by atoms with E-state index in [9.17, 15) is 4.39 Å². The van der Waals surface area contributed by atoms with Gasteiger partial charge in [-0.2, -0.15) is 0 Å². The number of hydrogen-bond acceptors (Lipinski definition) is 5. The first-order valence-electron chi connectivity index (χ1n) is 7.55. The SMILES string of the molecule is COc1ccc(OCCN(C)c2ncnc3ccc(F)cc23)cc1. The van der Waals surface area contributed by atoms with Crippen molar-refractivity contribution in [1.82, 2.24) is 9.97 Å². The molecule has 1 aromatic heterocycles. The summed E-state index contributed by atoms with van der Waals surface area (Å²) in [4.78, 5) is 10.4. The molecule has 3 rings (SSSR count). The molecule has 0 aliphatic carbocycles. The van der Waals surface area contributed by atoms with Gasteiger partial charge in [-0.15, -0.1) is 0 Å². The number of rotatable bonds is 6. The summed E-state index contributed by atoms with van der Waals surface area (Å²) in [5, 5.41) is 0.685. The highest BCUT2D eigenvalue weighted by Gasteiger charge is 2.09. The number of aromatic nitrogens is 2. The number of nitrogens with zero attached hydrogens (tertiary/aromatic N) is 3. The minimum atomic E-state index is -0.304. The van der Waals surface area contributed by atoms with Crippen molar-refractivity contribution in [2.75, 3.05) is 32.2 Å². The lowest BCUT2D eigenvalue weighted by molar-refractivity contribution is 0.325. The predicted octanol–water partition coefficient (Wildman–Crippen LogP) is 3.29. The van der Waals surface area contributed by atoms with Crippen molar-refractivity contribution >= 4 is 16.7 Å². The van der Waals surface area contributed by atoms with Crippen molar-refractivity contribution in [3.05, 3.63) is 54.6 Å². The molecule has 0 radical (unpaired) electrons. The fourth-order valence-corrected chi connectivity index (χ4v) is 2.40. The summed E-state index contributed by atoms with van der Waals surface area (Å²) in [6.45, 7) is 1.08. The van der Waals surface area contributed by atoms with Gasteiger partial charge in [-0.3, -0.25) is 0 Å². The Morgan fingerprint density at radius 3 is 2.54 bits per heavy atom. The van der Waals surface area contributed by atoms with Crippen LogP contribution in [-0.4, -0.2) is 37.3 Å². The van der Waals surface area contributed by atoms with E-state index >= 15 is 0 Å². The van der Waals surface area contributed by atoms with Gasteiger partial charge in [0, 0.05) is 12.4 Å². The van der Waals surface area contributed by atoms with Gasteiger partial charge in [0.15, 0.2) is 0 Å². The van der Waals surface area contributed by atoms with E-state index in [0.29, 0.717) is 29.9 Å². The number of anilines is 1. The maximum atomic E-state index is 13.5. The van der Waals surface area contributed by atoms with Crippen molar-refractivity contribution in [1.29, 1.82) is 0 Å². The molecule has 0 N–H and O–H groups in total. The number of likely N-dealkylation sites (N-methyl/N-ethyl adjacent to an activating group) is 1. The molecule has 0 aliphatic rings. The van der Waals surface area contributed by atoms with Crippen LogP contribution in [0.4, 0.5) is 10.2 Å². The highest BCUT2D eigenvalue weighted by molar-refractivity contribution is 5.89. The Morgan fingerprint density at radius 1 is 1.04 bits per heavy atom. The lowest BCUT2D eigenvalue weighted by atomic mass is 10.2. The average molecular weight is 327 g/mol. The minimum Gasteiger partial charge on any atom is -0.497 e. The molecular weight excluding hydrogens is 309 g/mol. The van der Waals surface area contributed by atoms with E-state index in [0.717, 1.165) is 11.5 Å². The molecule has 0 bridgehead atoms.